The molecule has 0 aliphatic carbocycles. The average molecular weight is 415 g/mol. The fourth-order valence-electron chi connectivity index (χ4n) is 2.45. The minimum atomic E-state index is -0.496. The van der Waals surface area contributed by atoms with Crippen molar-refractivity contribution in [1.29, 1.82) is 0 Å². The van der Waals surface area contributed by atoms with Crippen LogP contribution in [0.1, 0.15) is 5.56 Å². The number of methoxy groups -OCH3 is 1. The molecule has 0 aliphatic rings. The lowest BCUT2D eigenvalue weighted by molar-refractivity contribution is -0.384. The molecule has 3 rings (SSSR count). The molecule has 0 aliphatic heterocycles. The van der Waals surface area contributed by atoms with Crippen molar-refractivity contribution in [3.63, 3.8) is 0 Å². The molecule has 3 aromatic rings. The highest BCUT2D eigenvalue weighted by Gasteiger charge is 2.10. The molecule has 0 radical (unpaired) electrons. The second-order valence-electron chi connectivity index (χ2n) is 5.74. The number of amides is 1. The molecule has 29 heavy (non-hydrogen) atoms. The van der Waals surface area contributed by atoms with E-state index in [1.165, 1.54) is 31.5 Å². The van der Waals surface area contributed by atoms with E-state index in [-0.39, 0.29) is 17.4 Å². The van der Waals surface area contributed by atoms with E-state index in [9.17, 15) is 14.9 Å². The summed E-state index contributed by atoms with van der Waals surface area (Å²) >= 11 is 6.11. The average Bonchev–Trinajstić information content (AvgIpc) is 2.72. The first-order valence-electron chi connectivity index (χ1n) is 8.30. The highest BCUT2D eigenvalue weighted by atomic mass is 35.5. The number of non-ortho nitro benzene ring substituents is 1. The second kappa shape index (κ2) is 8.98. The molecule has 0 bridgehead atoms. The van der Waals surface area contributed by atoms with Crippen LogP contribution in [-0.4, -0.2) is 35.7 Å². The minimum Gasteiger partial charge on any atom is -0.493 e. The van der Waals surface area contributed by atoms with Gasteiger partial charge in [-0.2, -0.15) is 5.10 Å². The van der Waals surface area contributed by atoms with E-state index in [2.05, 4.69) is 15.5 Å². The smallest absolute Gasteiger partial charge is 0.277 e. The maximum Gasteiger partial charge on any atom is 0.277 e. The molecule has 1 N–H and O–H groups in total. The molecule has 1 heterocycles. The lowest BCUT2D eigenvalue weighted by Gasteiger charge is -2.09. The SMILES string of the molecule is COc1ccccc1OCC(=O)N/N=C\c1cc2cc([N+](=O)[O-])ccc2nc1Cl. The van der Waals surface area contributed by atoms with Gasteiger partial charge in [-0.3, -0.25) is 14.9 Å². The van der Waals surface area contributed by atoms with Crippen LogP contribution >= 0.6 is 11.6 Å². The highest BCUT2D eigenvalue weighted by Crippen LogP contribution is 2.25. The van der Waals surface area contributed by atoms with Crippen LogP contribution < -0.4 is 14.9 Å². The number of hydrogen-bond acceptors (Lipinski definition) is 7. The van der Waals surface area contributed by atoms with Gasteiger partial charge in [0, 0.05) is 23.1 Å². The Bertz CT molecular complexity index is 1100. The minimum absolute atomic E-state index is 0.0636. The highest BCUT2D eigenvalue weighted by molar-refractivity contribution is 6.32. The molecule has 1 aromatic heterocycles. The number of nitro groups is 1. The van der Waals surface area contributed by atoms with Crippen molar-refractivity contribution in [2.75, 3.05) is 13.7 Å². The van der Waals surface area contributed by atoms with Crippen LogP contribution in [-0.2, 0) is 4.79 Å². The number of benzene rings is 2. The predicted octanol–water partition coefficient (Wildman–Crippen LogP) is 3.33. The lowest BCUT2D eigenvalue weighted by atomic mass is 10.1. The van der Waals surface area contributed by atoms with Crippen molar-refractivity contribution in [2.45, 2.75) is 0 Å². The number of nitro benzene ring substituents is 1. The van der Waals surface area contributed by atoms with E-state index >= 15 is 0 Å². The van der Waals surface area contributed by atoms with Crippen molar-refractivity contribution in [3.05, 3.63) is 69.4 Å². The Kier molecular flexibility index (Phi) is 6.20. The summed E-state index contributed by atoms with van der Waals surface area (Å²) < 4.78 is 10.5. The maximum atomic E-state index is 11.9. The van der Waals surface area contributed by atoms with Gasteiger partial charge in [-0.1, -0.05) is 23.7 Å². The number of nitrogens with one attached hydrogen (secondary N) is 1. The van der Waals surface area contributed by atoms with Gasteiger partial charge < -0.3 is 9.47 Å². The molecule has 2 aromatic carbocycles. The molecular weight excluding hydrogens is 400 g/mol. The fraction of sp³-hybridized carbons (Fsp3) is 0.105. The van der Waals surface area contributed by atoms with Crippen molar-refractivity contribution in [1.82, 2.24) is 10.4 Å². The summed E-state index contributed by atoms with van der Waals surface area (Å²) in [6.07, 6.45) is 1.30. The number of pyridine rings is 1. The molecule has 9 nitrogen and oxygen atoms in total. The number of ether oxygens (including phenoxy) is 2. The van der Waals surface area contributed by atoms with Crippen LogP contribution in [0.5, 0.6) is 11.5 Å². The molecule has 0 saturated heterocycles. The Labute approximate surface area is 170 Å². The third-order valence-corrected chi connectivity index (χ3v) is 4.11. The van der Waals surface area contributed by atoms with Gasteiger partial charge in [0.1, 0.15) is 5.15 Å². The van der Waals surface area contributed by atoms with E-state index in [1.54, 1.807) is 30.3 Å². The first-order valence-corrected chi connectivity index (χ1v) is 8.68. The number of hydrazone groups is 1. The zero-order chi connectivity index (χ0) is 20.8. The maximum absolute atomic E-state index is 11.9. The number of nitrogens with zero attached hydrogens (tertiary/aromatic N) is 3. The fourth-order valence-corrected chi connectivity index (χ4v) is 2.64. The number of rotatable bonds is 7. The Balaban J connectivity index is 1.66. The summed E-state index contributed by atoms with van der Waals surface area (Å²) in [6, 6.07) is 12.8. The number of halogens is 1. The molecule has 1 amide bonds. The number of carbonyl (C=O) groups excluding carboxylic acids is 1. The van der Waals surface area contributed by atoms with Crippen LogP contribution in [0.25, 0.3) is 10.9 Å². The Hall–Kier alpha value is -3.72. The van der Waals surface area contributed by atoms with Gasteiger partial charge in [-0.15, -0.1) is 0 Å². The van der Waals surface area contributed by atoms with Crippen molar-refractivity contribution < 1.29 is 19.2 Å². The molecule has 0 spiro atoms. The molecule has 0 fully saturated rings. The Morgan fingerprint density at radius 1 is 1.28 bits per heavy atom. The Morgan fingerprint density at radius 3 is 2.76 bits per heavy atom. The number of para-hydroxylation sites is 2. The monoisotopic (exact) mass is 414 g/mol. The normalized spacial score (nSPS) is 10.8. The standard InChI is InChI=1S/C19H15ClN4O5/c1-28-16-4-2-3-5-17(16)29-11-18(25)23-21-10-13-8-12-9-14(24(26)27)6-7-15(12)22-19(13)20/h2-10H,11H2,1H3,(H,23,25)/b21-10-. The van der Waals surface area contributed by atoms with Gasteiger partial charge in [-0.05, 0) is 24.3 Å². The van der Waals surface area contributed by atoms with Crippen molar-refractivity contribution in [3.8, 4) is 11.5 Å². The first-order chi connectivity index (χ1) is 14.0. The summed E-state index contributed by atoms with van der Waals surface area (Å²) in [4.78, 5) is 26.5. The Morgan fingerprint density at radius 2 is 2.03 bits per heavy atom. The molecule has 0 atom stereocenters. The number of fused-ring (bicyclic) bond motifs is 1. The van der Waals surface area contributed by atoms with Gasteiger partial charge in [0.25, 0.3) is 11.6 Å². The predicted molar refractivity (Wildman–Crippen MR) is 108 cm³/mol. The van der Waals surface area contributed by atoms with E-state index in [1.807, 2.05) is 0 Å². The summed E-state index contributed by atoms with van der Waals surface area (Å²) in [6.45, 7) is -0.270. The second-order valence-corrected chi connectivity index (χ2v) is 6.09. The van der Waals surface area contributed by atoms with E-state index in [4.69, 9.17) is 21.1 Å². The zero-order valence-electron chi connectivity index (χ0n) is 15.2. The summed E-state index contributed by atoms with van der Waals surface area (Å²) in [5.41, 5.74) is 3.15. The zero-order valence-corrected chi connectivity index (χ0v) is 15.9. The largest absolute Gasteiger partial charge is 0.493 e. The van der Waals surface area contributed by atoms with E-state index in [0.717, 1.165) is 0 Å². The summed E-state index contributed by atoms with van der Waals surface area (Å²) in [7, 11) is 1.50. The number of hydrogen-bond donors (Lipinski definition) is 1. The third kappa shape index (κ3) is 4.96. The number of carbonyl (C=O) groups is 1. The molecular formula is C19H15ClN4O5. The van der Waals surface area contributed by atoms with Gasteiger partial charge in [0.2, 0.25) is 0 Å². The summed E-state index contributed by atoms with van der Waals surface area (Å²) in [5, 5.41) is 15.4. The van der Waals surface area contributed by atoms with Gasteiger partial charge in [0.15, 0.2) is 18.1 Å². The quantitative estimate of drug-likeness (QED) is 0.274. The molecule has 148 valence electrons. The van der Waals surface area contributed by atoms with Gasteiger partial charge in [-0.25, -0.2) is 10.4 Å². The summed E-state index contributed by atoms with van der Waals surface area (Å²) in [5.74, 6) is 0.442. The number of aromatic nitrogens is 1. The topological polar surface area (TPSA) is 116 Å². The van der Waals surface area contributed by atoms with Crippen LogP contribution in [0.4, 0.5) is 5.69 Å². The van der Waals surface area contributed by atoms with Crippen LogP contribution in [0.2, 0.25) is 5.15 Å². The van der Waals surface area contributed by atoms with Crippen LogP contribution in [0, 0.1) is 10.1 Å². The third-order valence-electron chi connectivity index (χ3n) is 3.81. The molecule has 0 saturated carbocycles. The molecule has 10 heteroatoms. The van der Waals surface area contributed by atoms with Gasteiger partial charge >= 0.3 is 0 Å². The molecule has 0 unspecified atom stereocenters. The first kappa shape index (κ1) is 20.0. The van der Waals surface area contributed by atoms with Crippen LogP contribution in [0.3, 0.4) is 0 Å². The lowest BCUT2D eigenvalue weighted by Crippen LogP contribution is -2.24. The van der Waals surface area contributed by atoms with Gasteiger partial charge in [0.05, 0.1) is 23.8 Å². The van der Waals surface area contributed by atoms with E-state index < -0.39 is 10.8 Å². The van der Waals surface area contributed by atoms with Crippen LogP contribution in [0.15, 0.2) is 53.6 Å². The van der Waals surface area contributed by atoms with Crippen molar-refractivity contribution >= 4 is 40.3 Å². The van der Waals surface area contributed by atoms with Crippen molar-refractivity contribution in [2.24, 2.45) is 5.10 Å². The van der Waals surface area contributed by atoms with E-state index in [0.29, 0.717) is 28.0 Å².